The van der Waals surface area contributed by atoms with Crippen molar-refractivity contribution >= 4 is 23.8 Å². The summed E-state index contributed by atoms with van der Waals surface area (Å²) in [4.78, 5) is 53.2. The summed E-state index contributed by atoms with van der Waals surface area (Å²) < 4.78 is 5.30. The second-order valence-corrected chi connectivity index (χ2v) is 11.2. The van der Waals surface area contributed by atoms with Gasteiger partial charge in [-0.3, -0.25) is 14.4 Å². The summed E-state index contributed by atoms with van der Waals surface area (Å²) in [6.45, 7) is 14.9. The fraction of sp³-hybridized carbons (Fsp3) is 0.630. The number of ether oxygens (including phenoxy) is 1. The van der Waals surface area contributed by atoms with E-state index in [0.29, 0.717) is 12.0 Å². The topological polar surface area (TPSA) is 131 Å². The van der Waals surface area contributed by atoms with E-state index in [1.165, 1.54) is 4.90 Å². The van der Waals surface area contributed by atoms with Crippen LogP contribution in [-0.4, -0.2) is 52.4 Å². The van der Waals surface area contributed by atoms with Crippen LogP contribution < -0.4 is 16.4 Å². The smallest absolute Gasteiger partial charge is 0.408 e. The highest BCUT2D eigenvalue weighted by atomic mass is 16.6. The zero-order valence-corrected chi connectivity index (χ0v) is 23.1. The van der Waals surface area contributed by atoms with E-state index < -0.39 is 47.6 Å². The molecule has 0 spiro atoms. The molecule has 1 rings (SSSR count). The average Bonchev–Trinajstić information content (AvgIpc) is 2.70. The van der Waals surface area contributed by atoms with Crippen LogP contribution >= 0.6 is 0 Å². The molecule has 4 amide bonds. The molecular formula is C27H44N4O5. The molecule has 1 aromatic carbocycles. The van der Waals surface area contributed by atoms with Gasteiger partial charge in [0.25, 0.3) is 0 Å². The van der Waals surface area contributed by atoms with Crippen molar-refractivity contribution in [3.05, 3.63) is 35.4 Å². The Morgan fingerprint density at radius 2 is 1.58 bits per heavy atom. The van der Waals surface area contributed by atoms with Crippen LogP contribution in [0.5, 0.6) is 0 Å². The molecule has 202 valence electrons. The predicted octanol–water partition coefficient (Wildman–Crippen LogP) is 3.74. The Bertz CT molecular complexity index is 900. The largest absolute Gasteiger partial charge is 0.444 e. The maximum absolute atomic E-state index is 13.9. The fourth-order valence-electron chi connectivity index (χ4n) is 3.61. The lowest BCUT2D eigenvalue weighted by molar-refractivity contribution is -0.144. The molecule has 0 saturated heterocycles. The number of amides is 4. The number of aryl methyl sites for hydroxylation is 1. The van der Waals surface area contributed by atoms with E-state index in [2.05, 4.69) is 10.6 Å². The van der Waals surface area contributed by atoms with Gasteiger partial charge in [0.1, 0.15) is 17.7 Å². The van der Waals surface area contributed by atoms with Gasteiger partial charge in [-0.1, -0.05) is 49.6 Å². The molecule has 0 heterocycles. The zero-order valence-electron chi connectivity index (χ0n) is 23.1. The van der Waals surface area contributed by atoms with Crippen LogP contribution in [0.2, 0.25) is 0 Å². The summed E-state index contributed by atoms with van der Waals surface area (Å²) in [6.07, 6.45) is 1.12. The van der Waals surface area contributed by atoms with Crippen molar-refractivity contribution in [2.45, 2.75) is 104 Å². The van der Waals surface area contributed by atoms with Gasteiger partial charge < -0.3 is 26.0 Å². The van der Waals surface area contributed by atoms with Gasteiger partial charge >= 0.3 is 6.09 Å². The minimum atomic E-state index is -1.28. The first-order valence-corrected chi connectivity index (χ1v) is 12.5. The average molecular weight is 505 g/mol. The first kappa shape index (κ1) is 30.9. The number of alkyl carbamates (subject to hydrolysis) is 1. The van der Waals surface area contributed by atoms with Crippen LogP contribution in [-0.2, 0) is 19.1 Å². The molecule has 9 nitrogen and oxygen atoms in total. The Labute approximate surface area is 215 Å². The molecule has 0 bridgehead atoms. The number of rotatable bonds is 11. The second kappa shape index (κ2) is 13.3. The van der Waals surface area contributed by atoms with E-state index in [9.17, 15) is 19.2 Å². The van der Waals surface area contributed by atoms with Gasteiger partial charge in [-0.2, -0.15) is 0 Å². The van der Waals surface area contributed by atoms with Crippen molar-refractivity contribution in [2.24, 2.45) is 5.73 Å². The molecule has 0 fully saturated rings. The molecule has 0 radical (unpaired) electrons. The molecule has 36 heavy (non-hydrogen) atoms. The molecular weight excluding hydrogens is 460 g/mol. The Morgan fingerprint density at radius 3 is 2.06 bits per heavy atom. The second-order valence-electron chi connectivity index (χ2n) is 11.2. The number of benzene rings is 1. The zero-order chi connectivity index (χ0) is 27.7. The minimum absolute atomic E-state index is 0.258. The highest BCUT2D eigenvalue weighted by Crippen LogP contribution is 2.25. The summed E-state index contributed by atoms with van der Waals surface area (Å²) in [5.74, 6) is -1.69. The molecule has 0 aromatic heterocycles. The minimum Gasteiger partial charge on any atom is -0.444 e. The predicted molar refractivity (Wildman–Crippen MR) is 140 cm³/mol. The van der Waals surface area contributed by atoms with Gasteiger partial charge in [0.2, 0.25) is 17.7 Å². The maximum atomic E-state index is 13.9. The van der Waals surface area contributed by atoms with E-state index in [-0.39, 0.29) is 12.5 Å². The molecule has 2 atom stereocenters. The molecule has 0 saturated carbocycles. The van der Waals surface area contributed by atoms with Crippen molar-refractivity contribution in [1.82, 2.24) is 15.5 Å². The highest BCUT2D eigenvalue weighted by Gasteiger charge is 2.37. The van der Waals surface area contributed by atoms with Crippen molar-refractivity contribution in [1.29, 1.82) is 0 Å². The van der Waals surface area contributed by atoms with Gasteiger partial charge in [0.05, 0.1) is 6.42 Å². The third-order valence-corrected chi connectivity index (χ3v) is 5.13. The number of carbonyl (C=O) groups excluding carboxylic acids is 4. The summed E-state index contributed by atoms with van der Waals surface area (Å²) >= 11 is 0. The molecule has 9 heteroatoms. The summed E-state index contributed by atoms with van der Waals surface area (Å²) in [5, 5.41) is 5.47. The number of nitrogens with two attached hydrogens (primary N) is 1. The van der Waals surface area contributed by atoms with Crippen LogP contribution in [0.3, 0.4) is 0 Å². The Balaban J connectivity index is 3.51. The van der Waals surface area contributed by atoms with Gasteiger partial charge in [-0.05, 0) is 60.5 Å². The molecule has 0 aliphatic rings. The normalized spacial score (nSPS) is 13.3. The van der Waals surface area contributed by atoms with Crippen molar-refractivity contribution < 1.29 is 23.9 Å². The quantitative estimate of drug-likeness (QED) is 0.395. The van der Waals surface area contributed by atoms with Crippen LogP contribution in [0.15, 0.2) is 24.3 Å². The van der Waals surface area contributed by atoms with E-state index in [4.69, 9.17) is 10.5 Å². The number of carbonyl (C=O) groups is 4. The van der Waals surface area contributed by atoms with Crippen molar-refractivity contribution in [3.8, 4) is 0 Å². The first-order chi connectivity index (χ1) is 16.5. The van der Waals surface area contributed by atoms with Crippen LogP contribution in [0.4, 0.5) is 4.79 Å². The third kappa shape index (κ3) is 11.1. The van der Waals surface area contributed by atoms with E-state index in [1.54, 1.807) is 20.8 Å². The summed E-state index contributed by atoms with van der Waals surface area (Å²) in [7, 11) is 0. The SMILES string of the molecule is CCCCCN(C(=O)C(CC(N)=O)NC(=O)OC(C)(C)C)C(C(=O)NC(C)(C)C)c1ccc(C)cc1. The lowest BCUT2D eigenvalue weighted by Crippen LogP contribution is -2.55. The first-order valence-electron chi connectivity index (χ1n) is 12.5. The number of primary amides is 1. The van der Waals surface area contributed by atoms with Crippen LogP contribution in [0.1, 0.15) is 91.3 Å². The number of hydrogen-bond acceptors (Lipinski definition) is 5. The van der Waals surface area contributed by atoms with Crippen LogP contribution in [0.25, 0.3) is 0 Å². The van der Waals surface area contributed by atoms with Gasteiger partial charge in [-0.25, -0.2) is 4.79 Å². The van der Waals surface area contributed by atoms with E-state index in [0.717, 1.165) is 18.4 Å². The van der Waals surface area contributed by atoms with Crippen molar-refractivity contribution in [2.75, 3.05) is 6.54 Å². The molecule has 0 aliphatic heterocycles. The van der Waals surface area contributed by atoms with E-state index >= 15 is 0 Å². The molecule has 1 aromatic rings. The fourth-order valence-corrected chi connectivity index (χ4v) is 3.61. The lowest BCUT2D eigenvalue weighted by atomic mass is 9.99. The maximum Gasteiger partial charge on any atom is 0.408 e. The number of nitrogens with one attached hydrogen (secondary N) is 2. The Kier molecular flexibility index (Phi) is 11.4. The monoisotopic (exact) mass is 504 g/mol. The van der Waals surface area contributed by atoms with E-state index in [1.807, 2.05) is 58.9 Å². The van der Waals surface area contributed by atoms with Gasteiger partial charge in [0.15, 0.2) is 0 Å². The van der Waals surface area contributed by atoms with Crippen LogP contribution in [0, 0.1) is 6.92 Å². The summed E-state index contributed by atoms with van der Waals surface area (Å²) in [6, 6.07) is 5.13. The molecule has 2 unspecified atom stereocenters. The number of nitrogens with zero attached hydrogens (tertiary/aromatic N) is 1. The third-order valence-electron chi connectivity index (χ3n) is 5.13. The number of unbranched alkanes of at least 4 members (excludes halogenated alkanes) is 2. The standard InChI is InChI=1S/C27H44N4O5/c1-9-10-11-16-31(24(34)20(17-21(28)32)29-25(35)36-27(6,7)8)22(23(33)30-26(3,4)5)19-14-12-18(2)13-15-19/h12-15,20,22H,9-11,16-17H2,1-8H3,(H2,28,32)(H,29,35)(H,30,33). The number of hydrogen-bond donors (Lipinski definition) is 3. The van der Waals surface area contributed by atoms with Crippen molar-refractivity contribution in [3.63, 3.8) is 0 Å². The lowest BCUT2D eigenvalue weighted by Gasteiger charge is -2.36. The molecule has 0 aliphatic carbocycles. The Morgan fingerprint density at radius 1 is 1.00 bits per heavy atom. The molecule has 4 N–H and O–H groups in total. The van der Waals surface area contributed by atoms with Gasteiger partial charge in [-0.15, -0.1) is 0 Å². The van der Waals surface area contributed by atoms with Gasteiger partial charge in [0, 0.05) is 12.1 Å². The highest BCUT2D eigenvalue weighted by molar-refractivity contribution is 5.94. The Hall–Kier alpha value is -3.10. The summed E-state index contributed by atoms with van der Waals surface area (Å²) in [5.41, 5.74) is 5.71.